The van der Waals surface area contributed by atoms with Gasteiger partial charge < -0.3 is 24.7 Å². The van der Waals surface area contributed by atoms with Gasteiger partial charge in [-0.05, 0) is 30.5 Å². The average Bonchev–Trinajstić information content (AvgIpc) is 3.24. The number of benzene rings is 1. The second-order valence-electron chi connectivity index (χ2n) is 6.78. The predicted molar refractivity (Wildman–Crippen MR) is 117 cm³/mol. The second-order valence-corrected chi connectivity index (χ2v) is 6.78. The molecule has 28 heavy (non-hydrogen) atoms. The molecule has 0 fully saturated rings. The summed E-state index contributed by atoms with van der Waals surface area (Å²) in [6.07, 6.45) is 5.57. The van der Waals surface area contributed by atoms with Crippen LogP contribution in [0, 0.1) is 0 Å². The van der Waals surface area contributed by atoms with E-state index in [1.165, 1.54) is 19.3 Å². The van der Waals surface area contributed by atoms with E-state index in [2.05, 4.69) is 30.4 Å². The number of nitrogens with one attached hydrogen (secondary N) is 2. The van der Waals surface area contributed by atoms with E-state index in [9.17, 15) is 0 Å². The van der Waals surface area contributed by atoms with Gasteiger partial charge in [-0.1, -0.05) is 12.5 Å². The highest BCUT2D eigenvalue weighted by Crippen LogP contribution is 2.32. The summed E-state index contributed by atoms with van der Waals surface area (Å²) in [5, 5.41) is 15.4. The normalized spacial score (nSPS) is 15.4. The molecule has 8 nitrogen and oxygen atoms in total. The van der Waals surface area contributed by atoms with Crippen molar-refractivity contribution in [2.75, 3.05) is 20.4 Å². The molecule has 3 heterocycles. The zero-order valence-electron chi connectivity index (χ0n) is 16.1. The molecule has 1 aromatic heterocycles. The molecule has 2 N–H and O–H groups in total. The minimum atomic E-state index is 0. The van der Waals surface area contributed by atoms with Gasteiger partial charge in [-0.25, -0.2) is 0 Å². The lowest BCUT2D eigenvalue weighted by atomic mass is 10.2. The molecule has 0 unspecified atom stereocenters. The highest BCUT2D eigenvalue weighted by atomic mass is 127. The molecular weight excluding hydrogens is 471 g/mol. The fourth-order valence-electron chi connectivity index (χ4n) is 3.48. The zero-order valence-corrected chi connectivity index (χ0v) is 18.4. The molecular formula is C19H27IN6O2. The Labute approximate surface area is 182 Å². The van der Waals surface area contributed by atoms with Crippen molar-refractivity contribution in [3.8, 4) is 11.5 Å². The van der Waals surface area contributed by atoms with Gasteiger partial charge in [-0.3, -0.25) is 4.99 Å². The summed E-state index contributed by atoms with van der Waals surface area (Å²) < 4.78 is 13.1. The first-order chi connectivity index (χ1) is 13.3. The lowest BCUT2D eigenvalue weighted by Gasteiger charge is -2.12. The molecule has 0 radical (unpaired) electrons. The lowest BCUT2D eigenvalue weighted by molar-refractivity contribution is 0.174. The van der Waals surface area contributed by atoms with Crippen LogP contribution in [0.5, 0.6) is 11.5 Å². The van der Waals surface area contributed by atoms with Crippen LogP contribution >= 0.6 is 24.0 Å². The molecule has 0 aliphatic carbocycles. The number of guanidine groups is 1. The van der Waals surface area contributed by atoms with Crippen LogP contribution < -0.4 is 20.1 Å². The molecule has 2 aromatic rings. The van der Waals surface area contributed by atoms with Gasteiger partial charge in [-0.15, -0.1) is 34.2 Å². The van der Waals surface area contributed by atoms with E-state index < -0.39 is 0 Å². The van der Waals surface area contributed by atoms with Crippen molar-refractivity contribution in [2.24, 2.45) is 4.99 Å². The Bertz CT molecular complexity index is 823. The van der Waals surface area contributed by atoms with E-state index in [0.717, 1.165) is 60.6 Å². The van der Waals surface area contributed by atoms with Gasteiger partial charge in [0.25, 0.3) is 0 Å². The summed E-state index contributed by atoms with van der Waals surface area (Å²) in [7, 11) is 1.78. The fourth-order valence-corrected chi connectivity index (χ4v) is 3.48. The van der Waals surface area contributed by atoms with E-state index in [0.29, 0.717) is 13.3 Å². The maximum absolute atomic E-state index is 5.42. The highest BCUT2D eigenvalue weighted by Gasteiger charge is 2.15. The molecule has 0 saturated heterocycles. The van der Waals surface area contributed by atoms with Gasteiger partial charge in [0, 0.05) is 39.5 Å². The Balaban J connectivity index is 0.00000225. The third-order valence-corrected chi connectivity index (χ3v) is 4.95. The first-order valence-electron chi connectivity index (χ1n) is 9.57. The van der Waals surface area contributed by atoms with Gasteiger partial charge >= 0.3 is 0 Å². The van der Waals surface area contributed by atoms with E-state index in [1.54, 1.807) is 7.05 Å². The Morgan fingerprint density at radius 3 is 2.93 bits per heavy atom. The smallest absolute Gasteiger partial charge is 0.231 e. The van der Waals surface area contributed by atoms with Crippen molar-refractivity contribution in [3.05, 3.63) is 35.4 Å². The number of hydrogen-bond acceptors (Lipinski definition) is 5. The van der Waals surface area contributed by atoms with Gasteiger partial charge in [0.15, 0.2) is 17.5 Å². The summed E-state index contributed by atoms with van der Waals surface area (Å²) in [4.78, 5) is 4.29. The number of aromatic nitrogens is 3. The van der Waals surface area contributed by atoms with Crippen molar-refractivity contribution in [3.63, 3.8) is 0 Å². The van der Waals surface area contributed by atoms with E-state index >= 15 is 0 Å². The molecule has 152 valence electrons. The minimum absolute atomic E-state index is 0. The minimum Gasteiger partial charge on any atom is -0.454 e. The zero-order chi connectivity index (χ0) is 18.5. The summed E-state index contributed by atoms with van der Waals surface area (Å²) >= 11 is 0. The van der Waals surface area contributed by atoms with Crippen LogP contribution in [0.3, 0.4) is 0 Å². The Morgan fingerprint density at radius 1 is 1.14 bits per heavy atom. The molecule has 1 aromatic carbocycles. The van der Waals surface area contributed by atoms with Crippen molar-refractivity contribution in [1.29, 1.82) is 0 Å². The van der Waals surface area contributed by atoms with Crippen LogP contribution in [0.25, 0.3) is 0 Å². The first kappa shape index (κ1) is 20.7. The van der Waals surface area contributed by atoms with Gasteiger partial charge in [0.1, 0.15) is 11.6 Å². The van der Waals surface area contributed by atoms with E-state index in [1.807, 2.05) is 18.2 Å². The standard InChI is InChI=1S/C19H26N6O2.HI/c1-20-19(22-12-14-6-7-15-16(11-14)27-13-26-15)21-9-8-18-24-23-17-5-3-2-4-10-25(17)18;/h6-7,11H,2-5,8-10,12-13H2,1H3,(H2,20,21,22);1H. The molecule has 0 saturated carbocycles. The second kappa shape index (κ2) is 9.94. The monoisotopic (exact) mass is 498 g/mol. The number of rotatable bonds is 5. The number of hydrogen-bond donors (Lipinski definition) is 2. The van der Waals surface area contributed by atoms with Crippen molar-refractivity contribution < 1.29 is 9.47 Å². The molecule has 0 spiro atoms. The van der Waals surface area contributed by atoms with Gasteiger partial charge in [0.2, 0.25) is 6.79 Å². The number of aliphatic imine (C=N–C) groups is 1. The molecule has 2 aliphatic heterocycles. The van der Waals surface area contributed by atoms with Crippen LogP contribution in [0.2, 0.25) is 0 Å². The summed E-state index contributed by atoms with van der Waals surface area (Å²) in [5.74, 6) is 4.56. The maximum Gasteiger partial charge on any atom is 0.231 e. The van der Waals surface area contributed by atoms with Crippen molar-refractivity contribution in [1.82, 2.24) is 25.4 Å². The molecule has 0 atom stereocenters. The number of ether oxygens (including phenoxy) is 2. The maximum atomic E-state index is 5.42. The van der Waals surface area contributed by atoms with Crippen LogP contribution in [0.4, 0.5) is 0 Å². The third-order valence-electron chi connectivity index (χ3n) is 4.95. The summed E-state index contributed by atoms with van der Waals surface area (Å²) in [5.41, 5.74) is 1.12. The van der Waals surface area contributed by atoms with Crippen molar-refractivity contribution in [2.45, 2.75) is 45.2 Å². The molecule has 0 amide bonds. The quantitative estimate of drug-likeness (QED) is 0.374. The number of halogens is 1. The van der Waals surface area contributed by atoms with Crippen LogP contribution in [-0.2, 0) is 25.9 Å². The Morgan fingerprint density at radius 2 is 2.04 bits per heavy atom. The Hall–Kier alpha value is -2.04. The SMILES string of the molecule is CN=C(NCCc1nnc2n1CCCCC2)NCc1ccc2c(c1)OCO2.I. The Kier molecular flexibility index (Phi) is 7.35. The topological polar surface area (TPSA) is 85.6 Å². The lowest BCUT2D eigenvalue weighted by Crippen LogP contribution is -2.38. The third kappa shape index (κ3) is 4.86. The fraction of sp³-hybridized carbons (Fsp3) is 0.526. The number of nitrogens with zero attached hydrogens (tertiary/aromatic N) is 4. The largest absolute Gasteiger partial charge is 0.454 e. The van der Waals surface area contributed by atoms with Gasteiger partial charge in [-0.2, -0.15) is 0 Å². The van der Waals surface area contributed by atoms with Crippen LogP contribution in [0.15, 0.2) is 23.2 Å². The molecule has 4 rings (SSSR count). The first-order valence-corrected chi connectivity index (χ1v) is 9.57. The van der Waals surface area contributed by atoms with Gasteiger partial charge in [0.05, 0.1) is 0 Å². The molecule has 9 heteroatoms. The highest BCUT2D eigenvalue weighted by molar-refractivity contribution is 14.0. The number of aryl methyl sites for hydroxylation is 1. The molecule has 2 aliphatic rings. The van der Waals surface area contributed by atoms with E-state index in [-0.39, 0.29) is 24.0 Å². The average molecular weight is 498 g/mol. The summed E-state index contributed by atoms with van der Waals surface area (Å²) in [6, 6.07) is 5.96. The van der Waals surface area contributed by atoms with Crippen LogP contribution in [-0.4, -0.2) is 41.1 Å². The van der Waals surface area contributed by atoms with Crippen molar-refractivity contribution >= 4 is 29.9 Å². The summed E-state index contributed by atoms with van der Waals surface area (Å²) in [6.45, 7) is 2.76. The van der Waals surface area contributed by atoms with Crippen LogP contribution in [0.1, 0.15) is 36.5 Å². The van der Waals surface area contributed by atoms with E-state index in [4.69, 9.17) is 9.47 Å². The predicted octanol–water partition coefficient (Wildman–Crippen LogP) is 2.26. The molecule has 0 bridgehead atoms. The number of fused-ring (bicyclic) bond motifs is 2.